The summed E-state index contributed by atoms with van der Waals surface area (Å²) in [5.74, 6) is 0. The van der Waals surface area contributed by atoms with Gasteiger partial charge in [0.1, 0.15) is 0 Å². The second-order valence-electron chi connectivity index (χ2n) is 16.2. The van der Waals surface area contributed by atoms with Crippen molar-refractivity contribution in [3.63, 3.8) is 0 Å². The summed E-state index contributed by atoms with van der Waals surface area (Å²) in [6.07, 6.45) is 0. The van der Waals surface area contributed by atoms with Crippen molar-refractivity contribution < 1.29 is 0 Å². The Bertz CT molecular complexity index is 3720. The lowest BCUT2D eigenvalue weighted by molar-refractivity contribution is 1.32. The molecule has 0 fully saturated rings. The average molecular weight is 811 g/mol. The van der Waals surface area contributed by atoms with E-state index in [4.69, 9.17) is 0 Å². The maximum absolute atomic E-state index is 3.92. The summed E-state index contributed by atoms with van der Waals surface area (Å²) in [7, 11) is 0.810. The summed E-state index contributed by atoms with van der Waals surface area (Å²) in [5.41, 5.74) is 13.4. The molecule has 284 valence electrons. The molecule has 10 aromatic carbocycles. The molecule has 12 aromatic rings. The highest BCUT2D eigenvalue weighted by atomic mass is 32.1. The van der Waals surface area contributed by atoms with Crippen LogP contribution in [-0.4, -0.2) is 7.28 Å². The van der Waals surface area contributed by atoms with Gasteiger partial charge in [-0.15, -0.1) is 22.7 Å². The molecule has 0 atom stereocenters. The molecule has 0 saturated heterocycles. The molecule has 1 aliphatic rings. The van der Waals surface area contributed by atoms with E-state index < -0.39 is 0 Å². The van der Waals surface area contributed by atoms with Crippen LogP contribution in [0.3, 0.4) is 0 Å². The third kappa shape index (κ3) is 5.62. The highest BCUT2D eigenvalue weighted by molar-refractivity contribution is 7.26. The number of thiophene rings is 2. The topological polar surface area (TPSA) is 15.3 Å². The van der Waals surface area contributed by atoms with Crippen LogP contribution in [0.15, 0.2) is 200 Å². The van der Waals surface area contributed by atoms with Crippen LogP contribution in [0.1, 0.15) is 0 Å². The van der Waals surface area contributed by atoms with Gasteiger partial charge >= 0.3 is 0 Å². The van der Waals surface area contributed by atoms with Gasteiger partial charge in [0.15, 0.2) is 7.28 Å². The molecule has 0 amide bonds. The van der Waals surface area contributed by atoms with Crippen molar-refractivity contribution in [1.82, 2.24) is 0 Å². The third-order valence-corrected chi connectivity index (χ3v) is 14.9. The first-order valence-electron chi connectivity index (χ1n) is 20.9. The maximum atomic E-state index is 3.92. The number of fused-ring (bicyclic) bond motifs is 11. The molecule has 0 saturated carbocycles. The second kappa shape index (κ2) is 13.7. The first kappa shape index (κ1) is 34.7. The predicted molar refractivity (Wildman–Crippen MR) is 269 cm³/mol. The van der Waals surface area contributed by atoms with Crippen molar-refractivity contribution >= 4 is 131 Å². The maximum Gasteiger partial charge on any atom is 0.198 e. The van der Waals surface area contributed by atoms with Crippen molar-refractivity contribution in [3.8, 4) is 22.3 Å². The second-order valence-corrected chi connectivity index (χ2v) is 18.3. The Morgan fingerprint density at radius 3 is 1.77 bits per heavy atom. The molecule has 0 unspecified atom stereocenters. The van der Waals surface area contributed by atoms with Crippen molar-refractivity contribution in [1.29, 1.82) is 0 Å². The summed E-state index contributed by atoms with van der Waals surface area (Å²) >= 11 is 3.77. The summed E-state index contributed by atoms with van der Waals surface area (Å²) in [6, 6.07) is 74.1. The molecular weight excluding hydrogens is 776 g/mol. The largest absolute Gasteiger partial charge is 0.355 e. The van der Waals surface area contributed by atoms with Crippen molar-refractivity contribution in [2.45, 2.75) is 0 Å². The minimum Gasteiger partial charge on any atom is -0.355 e. The SMILES string of the molecule is B1c2cc3c(cc2N(c2ccc4c(c2)sc2ccccc24)c2c1c(-c1cc4ccccc4cc1Nc1ccc(-c4ccccc4)cc1)cc1ccccc21)sc1ccccc13. The molecule has 13 rings (SSSR count). The van der Waals surface area contributed by atoms with E-state index in [9.17, 15) is 0 Å². The van der Waals surface area contributed by atoms with E-state index in [-0.39, 0.29) is 0 Å². The number of hydrogen-bond acceptors (Lipinski definition) is 4. The van der Waals surface area contributed by atoms with E-state index in [0.29, 0.717) is 0 Å². The lowest BCUT2D eigenvalue weighted by Gasteiger charge is -2.36. The molecule has 0 aliphatic carbocycles. The molecule has 1 aliphatic heterocycles. The summed E-state index contributed by atoms with van der Waals surface area (Å²) < 4.78 is 5.26. The smallest absolute Gasteiger partial charge is 0.198 e. The minimum atomic E-state index is 0.810. The molecule has 5 heteroatoms. The molecule has 2 nitrogen and oxygen atoms in total. The molecule has 1 N–H and O–H groups in total. The van der Waals surface area contributed by atoms with Crippen LogP contribution >= 0.6 is 22.7 Å². The lowest BCUT2D eigenvalue weighted by atomic mass is 9.57. The molecule has 61 heavy (non-hydrogen) atoms. The molecule has 2 aromatic heterocycles. The standard InChI is InChI=1S/C56H35BN2S2/c1-2-12-34(13-3-1)35-22-24-39(25-23-35)58-49-30-37-15-5-4-14-36(37)28-45(49)47-29-38-16-6-7-17-41(38)56-55(47)57-48-32-46-43-19-9-11-21-52(43)61-54(46)33-50(48)59(56)40-26-27-44-42-18-8-10-20-51(42)60-53(44)31-40/h1-33,57-58H. The predicted octanol–water partition coefficient (Wildman–Crippen LogP) is 15.0. The number of rotatable bonds is 5. The Hall–Kier alpha value is -7.18. The van der Waals surface area contributed by atoms with Crippen LogP contribution in [0.2, 0.25) is 0 Å². The fourth-order valence-electron chi connectivity index (χ4n) is 9.73. The number of hydrogen-bond donors (Lipinski definition) is 1. The van der Waals surface area contributed by atoms with Gasteiger partial charge in [-0.3, -0.25) is 0 Å². The molecule has 3 heterocycles. The normalized spacial score (nSPS) is 12.4. The Morgan fingerprint density at radius 2 is 1.00 bits per heavy atom. The zero-order chi connectivity index (χ0) is 40.0. The molecular formula is C56H35BN2S2. The number of nitrogens with one attached hydrogen (secondary N) is 1. The number of anilines is 5. The van der Waals surface area contributed by atoms with Gasteiger partial charge in [0.25, 0.3) is 0 Å². The van der Waals surface area contributed by atoms with E-state index in [1.54, 1.807) is 0 Å². The highest BCUT2D eigenvalue weighted by Gasteiger charge is 2.31. The van der Waals surface area contributed by atoms with Crippen molar-refractivity contribution in [3.05, 3.63) is 200 Å². The molecule has 0 spiro atoms. The van der Waals surface area contributed by atoms with Gasteiger partial charge in [-0.05, 0) is 104 Å². The van der Waals surface area contributed by atoms with Crippen LogP contribution < -0.4 is 21.1 Å². The van der Waals surface area contributed by atoms with E-state index >= 15 is 0 Å². The summed E-state index contributed by atoms with van der Waals surface area (Å²) in [6.45, 7) is 0. The number of nitrogens with zero attached hydrogens (tertiary/aromatic N) is 1. The Morgan fingerprint density at radius 1 is 0.410 bits per heavy atom. The Balaban J connectivity index is 1.07. The monoisotopic (exact) mass is 810 g/mol. The van der Waals surface area contributed by atoms with Crippen LogP contribution in [-0.2, 0) is 0 Å². The van der Waals surface area contributed by atoms with Crippen LogP contribution in [0, 0.1) is 0 Å². The number of benzene rings is 10. The zero-order valence-electron chi connectivity index (χ0n) is 33.0. The van der Waals surface area contributed by atoms with E-state index in [1.165, 1.54) is 112 Å². The van der Waals surface area contributed by atoms with Crippen LogP contribution in [0.5, 0.6) is 0 Å². The fraction of sp³-hybridized carbons (Fsp3) is 0. The van der Waals surface area contributed by atoms with Crippen molar-refractivity contribution in [2.24, 2.45) is 0 Å². The van der Waals surface area contributed by atoms with E-state index in [1.807, 2.05) is 22.7 Å². The average Bonchev–Trinajstić information content (AvgIpc) is 3.87. The molecule has 0 radical (unpaired) electrons. The van der Waals surface area contributed by atoms with Gasteiger partial charge < -0.3 is 10.2 Å². The highest BCUT2D eigenvalue weighted by Crippen LogP contribution is 2.47. The van der Waals surface area contributed by atoms with Gasteiger partial charge in [0.05, 0.1) is 0 Å². The third-order valence-electron chi connectivity index (χ3n) is 12.6. The molecule has 0 bridgehead atoms. The van der Waals surface area contributed by atoms with Crippen molar-refractivity contribution in [2.75, 3.05) is 10.2 Å². The first-order valence-corrected chi connectivity index (χ1v) is 22.5. The van der Waals surface area contributed by atoms with Gasteiger partial charge in [-0.1, -0.05) is 145 Å². The first-order chi connectivity index (χ1) is 30.2. The Labute approximate surface area is 361 Å². The fourth-order valence-corrected chi connectivity index (χ4v) is 12.0. The summed E-state index contributed by atoms with van der Waals surface area (Å²) in [5, 5.41) is 14.1. The lowest BCUT2D eigenvalue weighted by Crippen LogP contribution is -2.41. The van der Waals surface area contributed by atoms with Gasteiger partial charge in [-0.2, -0.15) is 0 Å². The van der Waals surface area contributed by atoms with Gasteiger partial charge in [0, 0.05) is 74.3 Å². The van der Waals surface area contributed by atoms with E-state index in [0.717, 1.165) is 18.7 Å². The summed E-state index contributed by atoms with van der Waals surface area (Å²) in [4.78, 5) is 2.59. The zero-order valence-corrected chi connectivity index (χ0v) is 34.7. The minimum absolute atomic E-state index is 0.810. The van der Waals surface area contributed by atoms with Crippen LogP contribution in [0.25, 0.3) is 84.1 Å². The van der Waals surface area contributed by atoms with E-state index in [2.05, 4.69) is 210 Å². The van der Waals surface area contributed by atoms with Crippen LogP contribution in [0.4, 0.5) is 28.4 Å². The van der Waals surface area contributed by atoms with Gasteiger partial charge in [-0.25, -0.2) is 0 Å². The Kier molecular flexibility index (Phi) is 7.78. The quantitative estimate of drug-likeness (QED) is 0.174. The van der Waals surface area contributed by atoms with Gasteiger partial charge in [0.2, 0.25) is 0 Å².